The molecule has 0 spiro atoms. The highest BCUT2D eigenvalue weighted by atomic mass is 79.9. The minimum atomic E-state index is -0.609. The second-order valence-corrected chi connectivity index (χ2v) is 9.88. The van der Waals surface area contributed by atoms with E-state index in [1.807, 2.05) is 70.2 Å². The molecular formula is C25H23BrN2O4. The predicted octanol–water partition coefficient (Wildman–Crippen LogP) is 6.56. The van der Waals surface area contributed by atoms with Crippen LogP contribution in [0.25, 0.3) is 10.9 Å². The molecule has 0 radical (unpaired) electrons. The Morgan fingerprint density at radius 2 is 2.00 bits per heavy atom. The lowest BCUT2D eigenvalue weighted by atomic mass is 9.85. The third-order valence-electron chi connectivity index (χ3n) is 5.64. The Kier molecular flexibility index (Phi) is 4.89. The van der Waals surface area contributed by atoms with E-state index in [2.05, 4.69) is 21.1 Å². The predicted molar refractivity (Wildman–Crippen MR) is 124 cm³/mol. The molecule has 4 aromatic rings. The van der Waals surface area contributed by atoms with E-state index >= 15 is 0 Å². The largest absolute Gasteiger partial charge is 0.488 e. The first-order valence-electron chi connectivity index (χ1n) is 10.4. The third-order valence-corrected chi connectivity index (χ3v) is 6.13. The van der Waals surface area contributed by atoms with E-state index in [0.717, 1.165) is 49.2 Å². The highest BCUT2D eigenvalue weighted by molar-refractivity contribution is 9.10. The van der Waals surface area contributed by atoms with Crippen LogP contribution in [-0.4, -0.2) is 21.4 Å². The van der Waals surface area contributed by atoms with Gasteiger partial charge in [0.15, 0.2) is 0 Å². The third kappa shape index (κ3) is 3.41. The summed E-state index contributed by atoms with van der Waals surface area (Å²) in [5.74, 6) is 0.511. The molecule has 1 aliphatic heterocycles. The van der Waals surface area contributed by atoms with Crippen molar-refractivity contribution in [2.75, 3.05) is 0 Å². The smallest absolute Gasteiger partial charge is 0.419 e. The Morgan fingerprint density at radius 3 is 2.78 bits per heavy atom. The minimum Gasteiger partial charge on any atom is -0.488 e. The summed E-state index contributed by atoms with van der Waals surface area (Å²) >= 11 is 3.60. The number of hydrogen-bond donors (Lipinski definition) is 0. The number of ether oxygens (including phenoxy) is 2. The zero-order chi connectivity index (χ0) is 22.6. The van der Waals surface area contributed by atoms with Crippen molar-refractivity contribution < 1.29 is 18.8 Å². The van der Waals surface area contributed by atoms with Gasteiger partial charge in [0.1, 0.15) is 29.9 Å². The molecule has 0 unspecified atom stereocenters. The van der Waals surface area contributed by atoms with Crippen LogP contribution in [0.5, 0.6) is 5.75 Å². The van der Waals surface area contributed by atoms with Crippen LogP contribution in [0.3, 0.4) is 0 Å². The SMILES string of the molecule is Cc1c([C@H]2c3cc(Br)ccc3OCc3conc32)c2ccccc2n1C(=O)OC(C)(C)C. The molecule has 5 rings (SSSR count). The fourth-order valence-corrected chi connectivity index (χ4v) is 4.76. The van der Waals surface area contributed by atoms with Crippen molar-refractivity contribution in [1.82, 2.24) is 9.72 Å². The summed E-state index contributed by atoms with van der Waals surface area (Å²) in [6.45, 7) is 7.91. The maximum Gasteiger partial charge on any atom is 0.419 e. The Morgan fingerprint density at radius 1 is 1.22 bits per heavy atom. The fourth-order valence-electron chi connectivity index (χ4n) is 4.38. The molecule has 7 heteroatoms. The molecule has 2 aromatic carbocycles. The van der Waals surface area contributed by atoms with Crippen molar-refractivity contribution in [2.45, 2.75) is 45.8 Å². The maximum absolute atomic E-state index is 13.2. The minimum absolute atomic E-state index is 0.271. The Labute approximate surface area is 194 Å². The number of benzene rings is 2. The van der Waals surface area contributed by atoms with Crippen LogP contribution in [-0.2, 0) is 11.3 Å². The van der Waals surface area contributed by atoms with Gasteiger partial charge in [-0.25, -0.2) is 9.36 Å². The molecule has 0 N–H and O–H groups in total. The summed E-state index contributed by atoms with van der Waals surface area (Å²) in [4.78, 5) is 13.2. The topological polar surface area (TPSA) is 66.5 Å². The summed E-state index contributed by atoms with van der Waals surface area (Å²) in [6, 6.07) is 13.8. The number of carbonyl (C=O) groups excluding carboxylic acids is 1. The fraction of sp³-hybridized carbons (Fsp3) is 0.280. The van der Waals surface area contributed by atoms with Crippen molar-refractivity contribution in [1.29, 1.82) is 0 Å². The monoisotopic (exact) mass is 494 g/mol. The van der Waals surface area contributed by atoms with E-state index in [-0.39, 0.29) is 5.92 Å². The van der Waals surface area contributed by atoms with Gasteiger partial charge in [-0.2, -0.15) is 0 Å². The van der Waals surface area contributed by atoms with Gasteiger partial charge in [0, 0.05) is 21.1 Å². The van der Waals surface area contributed by atoms with Crippen molar-refractivity contribution in [3.63, 3.8) is 0 Å². The highest BCUT2D eigenvalue weighted by Gasteiger charge is 2.35. The van der Waals surface area contributed by atoms with E-state index < -0.39 is 11.7 Å². The van der Waals surface area contributed by atoms with Crippen LogP contribution in [0.4, 0.5) is 4.79 Å². The summed E-state index contributed by atoms with van der Waals surface area (Å²) in [7, 11) is 0. The molecule has 32 heavy (non-hydrogen) atoms. The molecule has 0 saturated carbocycles. The number of hydrogen-bond acceptors (Lipinski definition) is 5. The lowest BCUT2D eigenvalue weighted by molar-refractivity contribution is 0.0541. The quantitative estimate of drug-likeness (QED) is 0.299. The highest BCUT2D eigenvalue weighted by Crippen LogP contribution is 2.46. The number of para-hydroxylation sites is 1. The van der Waals surface area contributed by atoms with Crippen LogP contribution in [0.15, 0.2) is 57.7 Å². The molecule has 1 aliphatic rings. The standard InChI is InChI=1S/C25H23BrN2O4/c1-14-21(17-7-5-6-8-19(17)28(14)24(29)32-25(2,3)4)22-18-11-16(26)9-10-20(18)30-12-15-13-31-27-23(15)22/h5-11,13,22H,12H2,1-4H3/t22-/m1/s1. The summed E-state index contributed by atoms with van der Waals surface area (Å²) < 4.78 is 19.8. The number of fused-ring (bicyclic) bond motifs is 3. The van der Waals surface area contributed by atoms with Crippen LogP contribution in [0, 0.1) is 6.92 Å². The van der Waals surface area contributed by atoms with Crippen molar-refractivity contribution in [3.8, 4) is 5.75 Å². The van der Waals surface area contributed by atoms with Gasteiger partial charge < -0.3 is 14.0 Å². The average molecular weight is 495 g/mol. The molecule has 3 heterocycles. The lowest BCUT2D eigenvalue weighted by Crippen LogP contribution is -2.27. The Hall–Kier alpha value is -3.06. The first-order chi connectivity index (χ1) is 15.2. The molecular weight excluding hydrogens is 472 g/mol. The van der Waals surface area contributed by atoms with E-state index in [9.17, 15) is 4.79 Å². The number of aromatic nitrogens is 2. The van der Waals surface area contributed by atoms with Gasteiger partial charge in [0.25, 0.3) is 0 Å². The zero-order valence-electron chi connectivity index (χ0n) is 18.3. The van der Waals surface area contributed by atoms with Crippen LogP contribution >= 0.6 is 15.9 Å². The van der Waals surface area contributed by atoms with Gasteiger partial charge in [0.2, 0.25) is 0 Å². The first kappa shape index (κ1) is 20.8. The second-order valence-electron chi connectivity index (χ2n) is 8.96. The molecule has 0 fully saturated rings. The van der Waals surface area contributed by atoms with Crippen molar-refractivity contribution in [2.24, 2.45) is 0 Å². The summed E-state index contributed by atoms with van der Waals surface area (Å²) in [5.41, 5.74) is 4.59. The van der Waals surface area contributed by atoms with Gasteiger partial charge >= 0.3 is 6.09 Å². The summed E-state index contributed by atoms with van der Waals surface area (Å²) in [6.07, 6.45) is 1.23. The molecule has 6 nitrogen and oxygen atoms in total. The van der Waals surface area contributed by atoms with E-state index in [0.29, 0.717) is 6.61 Å². The average Bonchev–Trinajstić information content (AvgIpc) is 3.25. The summed E-state index contributed by atoms with van der Waals surface area (Å²) in [5, 5.41) is 5.33. The lowest BCUT2D eigenvalue weighted by Gasteiger charge is -2.21. The maximum atomic E-state index is 13.2. The second kappa shape index (κ2) is 7.52. The zero-order valence-corrected chi connectivity index (χ0v) is 19.9. The van der Waals surface area contributed by atoms with E-state index in [1.54, 1.807) is 10.8 Å². The Bertz CT molecular complexity index is 1350. The van der Waals surface area contributed by atoms with Crippen LogP contribution < -0.4 is 4.74 Å². The number of carbonyl (C=O) groups is 1. The van der Waals surface area contributed by atoms with Gasteiger partial charge in [-0.3, -0.25) is 0 Å². The van der Waals surface area contributed by atoms with Gasteiger partial charge in [-0.1, -0.05) is 39.3 Å². The molecule has 0 saturated heterocycles. The van der Waals surface area contributed by atoms with Crippen LogP contribution in [0.2, 0.25) is 0 Å². The van der Waals surface area contributed by atoms with Gasteiger partial charge in [0.05, 0.1) is 17.0 Å². The van der Waals surface area contributed by atoms with E-state index in [1.165, 1.54) is 0 Å². The molecule has 0 bridgehead atoms. The number of nitrogens with zero attached hydrogens (tertiary/aromatic N) is 2. The molecule has 0 amide bonds. The van der Waals surface area contributed by atoms with Gasteiger partial charge in [-0.15, -0.1) is 0 Å². The van der Waals surface area contributed by atoms with Crippen LogP contribution in [0.1, 0.15) is 54.8 Å². The normalized spacial score (nSPS) is 15.6. The molecule has 1 atom stereocenters. The molecule has 2 aromatic heterocycles. The van der Waals surface area contributed by atoms with Crippen molar-refractivity contribution in [3.05, 3.63) is 81.3 Å². The van der Waals surface area contributed by atoms with Gasteiger partial charge in [-0.05, 0) is 57.5 Å². The molecule has 164 valence electrons. The number of halogens is 1. The van der Waals surface area contributed by atoms with E-state index in [4.69, 9.17) is 14.0 Å². The van der Waals surface area contributed by atoms with Crippen molar-refractivity contribution >= 4 is 32.9 Å². The molecule has 0 aliphatic carbocycles. The number of rotatable bonds is 1. The Balaban J connectivity index is 1.81. The first-order valence-corrected chi connectivity index (χ1v) is 11.2.